The first-order valence-corrected chi connectivity index (χ1v) is 12.6. The van der Waals surface area contributed by atoms with Crippen LogP contribution in [-0.4, -0.2) is 62.1 Å². The summed E-state index contributed by atoms with van der Waals surface area (Å²) in [5.41, 5.74) is 0.837. The standard InChI is InChI=1S/C26H36FN3O3/c1-18(26-13-19-10-20(14-26)12-21(11-19)15-26)28-24(31)16-33-17-25(32)30-8-6-29(7-9-30)23-5-3-2-4-22(23)27/h2-5,18-21H,6-17H2,1H3,(H,28,31). The lowest BCUT2D eigenvalue weighted by molar-refractivity contribution is -0.139. The van der Waals surface area contributed by atoms with E-state index in [0.717, 1.165) is 17.8 Å². The molecular weight excluding hydrogens is 421 g/mol. The largest absolute Gasteiger partial charge is 0.366 e. The van der Waals surface area contributed by atoms with Gasteiger partial charge in [-0.05, 0) is 80.8 Å². The molecule has 4 bridgehead atoms. The molecule has 1 aliphatic heterocycles. The number of hydrogen-bond acceptors (Lipinski definition) is 4. The Balaban J connectivity index is 1.03. The van der Waals surface area contributed by atoms with Crippen LogP contribution in [-0.2, 0) is 14.3 Å². The van der Waals surface area contributed by atoms with Gasteiger partial charge >= 0.3 is 0 Å². The molecule has 1 aromatic carbocycles. The molecule has 0 spiro atoms. The number of carbonyl (C=O) groups is 2. The minimum Gasteiger partial charge on any atom is -0.366 e. The number of piperazine rings is 1. The highest BCUT2D eigenvalue weighted by molar-refractivity contribution is 5.80. The van der Waals surface area contributed by atoms with Crippen LogP contribution in [0.1, 0.15) is 45.4 Å². The Morgan fingerprint density at radius 2 is 1.64 bits per heavy atom. The average molecular weight is 458 g/mol. The van der Waals surface area contributed by atoms with Crippen molar-refractivity contribution in [2.45, 2.75) is 51.5 Å². The van der Waals surface area contributed by atoms with Crippen LogP contribution in [0.2, 0.25) is 0 Å². The van der Waals surface area contributed by atoms with Crippen LogP contribution in [0.5, 0.6) is 0 Å². The first-order chi connectivity index (χ1) is 15.9. The van der Waals surface area contributed by atoms with Gasteiger partial charge in [-0.2, -0.15) is 0 Å². The van der Waals surface area contributed by atoms with Crippen molar-refractivity contribution in [1.29, 1.82) is 0 Å². The van der Waals surface area contributed by atoms with Gasteiger partial charge in [0.25, 0.3) is 0 Å². The maximum atomic E-state index is 14.0. The number of anilines is 1. The van der Waals surface area contributed by atoms with Gasteiger partial charge in [0.1, 0.15) is 19.0 Å². The van der Waals surface area contributed by atoms with Crippen molar-refractivity contribution in [2.24, 2.45) is 23.2 Å². The SMILES string of the molecule is CC(NC(=O)COCC(=O)N1CCN(c2ccccc2F)CC1)C12CC3CC(CC(C3)C1)C2. The molecule has 180 valence electrons. The molecule has 5 fully saturated rings. The fourth-order valence-corrected chi connectivity index (χ4v) is 7.37. The summed E-state index contributed by atoms with van der Waals surface area (Å²) in [4.78, 5) is 28.7. The maximum absolute atomic E-state index is 14.0. The molecule has 1 N–H and O–H groups in total. The lowest BCUT2D eigenvalue weighted by Crippen LogP contribution is -2.56. The molecule has 1 atom stereocenters. The van der Waals surface area contributed by atoms with Gasteiger partial charge in [0.05, 0.1) is 5.69 Å². The molecule has 4 saturated carbocycles. The van der Waals surface area contributed by atoms with E-state index in [1.807, 2.05) is 11.0 Å². The van der Waals surface area contributed by atoms with Crippen LogP contribution in [0.3, 0.4) is 0 Å². The van der Waals surface area contributed by atoms with Crippen molar-refractivity contribution in [3.05, 3.63) is 30.1 Å². The summed E-state index contributed by atoms with van der Waals surface area (Å²) < 4.78 is 19.5. The molecule has 6 rings (SSSR count). The molecule has 1 aromatic rings. The topological polar surface area (TPSA) is 61.9 Å². The second-order valence-electron chi connectivity index (χ2n) is 10.9. The van der Waals surface area contributed by atoms with Crippen molar-refractivity contribution in [1.82, 2.24) is 10.2 Å². The van der Waals surface area contributed by atoms with Crippen molar-refractivity contribution in [3.8, 4) is 0 Å². The van der Waals surface area contributed by atoms with E-state index in [9.17, 15) is 14.0 Å². The number of ether oxygens (including phenoxy) is 1. The Morgan fingerprint density at radius 3 is 2.24 bits per heavy atom. The van der Waals surface area contributed by atoms with Crippen LogP contribution >= 0.6 is 0 Å². The smallest absolute Gasteiger partial charge is 0.248 e. The summed E-state index contributed by atoms with van der Waals surface area (Å²) in [6.07, 6.45) is 7.91. The van der Waals surface area contributed by atoms with Gasteiger partial charge in [-0.3, -0.25) is 9.59 Å². The molecule has 0 radical (unpaired) electrons. The maximum Gasteiger partial charge on any atom is 0.248 e. The second kappa shape index (κ2) is 9.24. The summed E-state index contributed by atoms with van der Waals surface area (Å²) in [6, 6.07) is 6.87. The van der Waals surface area contributed by atoms with E-state index < -0.39 is 0 Å². The van der Waals surface area contributed by atoms with E-state index in [-0.39, 0.29) is 42.3 Å². The lowest BCUT2D eigenvalue weighted by atomic mass is 9.48. The molecule has 33 heavy (non-hydrogen) atoms. The zero-order valence-corrected chi connectivity index (χ0v) is 19.6. The molecule has 2 amide bonds. The molecular formula is C26H36FN3O3. The van der Waals surface area contributed by atoms with Gasteiger partial charge in [-0.1, -0.05) is 12.1 Å². The molecule has 1 unspecified atom stereocenters. The first-order valence-electron chi connectivity index (χ1n) is 12.6. The van der Waals surface area contributed by atoms with E-state index in [0.29, 0.717) is 31.9 Å². The third kappa shape index (κ3) is 4.75. The van der Waals surface area contributed by atoms with E-state index in [1.165, 1.54) is 44.6 Å². The van der Waals surface area contributed by atoms with E-state index in [4.69, 9.17) is 4.74 Å². The van der Waals surface area contributed by atoms with Gasteiger partial charge in [0.2, 0.25) is 11.8 Å². The average Bonchev–Trinajstić information content (AvgIpc) is 2.78. The van der Waals surface area contributed by atoms with Crippen molar-refractivity contribution in [2.75, 3.05) is 44.3 Å². The number of carbonyl (C=O) groups excluding carboxylic acids is 2. The minimum absolute atomic E-state index is 0.0857. The summed E-state index contributed by atoms with van der Waals surface area (Å²) in [5, 5.41) is 3.19. The predicted octanol–water partition coefficient (Wildman–Crippen LogP) is 3.21. The zero-order valence-electron chi connectivity index (χ0n) is 19.6. The van der Waals surface area contributed by atoms with Gasteiger partial charge < -0.3 is 19.9 Å². The van der Waals surface area contributed by atoms with Crippen molar-refractivity contribution >= 4 is 17.5 Å². The lowest BCUT2D eigenvalue weighted by Gasteiger charge is -2.59. The quantitative estimate of drug-likeness (QED) is 0.683. The number of amides is 2. The number of rotatable bonds is 7. The number of hydrogen-bond donors (Lipinski definition) is 1. The molecule has 1 heterocycles. The fourth-order valence-electron chi connectivity index (χ4n) is 7.37. The number of nitrogens with zero attached hydrogens (tertiary/aromatic N) is 2. The third-order valence-electron chi connectivity index (χ3n) is 8.67. The highest BCUT2D eigenvalue weighted by atomic mass is 19.1. The minimum atomic E-state index is -0.241. The molecule has 6 nitrogen and oxygen atoms in total. The monoisotopic (exact) mass is 457 g/mol. The Kier molecular flexibility index (Phi) is 6.34. The Hall–Kier alpha value is -2.15. The zero-order chi connectivity index (χ0) is 23.0. The predicted molar refractivity (Wildman–Crippen MR) is 124 cm³/mol. The third-order valence-corrected chi connectivity index (χ3v) is 8.67. The molecule has 5 aliphatic rings. The van der Waals surface area contributed by atoms with E-state index in [1.54, 1.807) is 17.0 Å². The Bertz CT molecular complexity index is 848. The summed E-state index contributed by atoms with van der Waals surface area (Å²) >= 11 is 0. The summed E-state index contributed by atoms with van der Waals surface area (Å²) in [7, 11) is 0. The van der Waals surface area contributed by atoms with Crippen LogP contribution < -0.4 is 10.2 Å². The van der Waals surface area contributed by atoms with Gasteiger partial charge in [-0.25, -0.2) is 4.39 Å². The highest BCUT2D eigenvalue weighted by Crippen LogP contribution is 2.61. The van der Waals surface area contributed by atoms with E-state index >= 15 is 0 Å². The fraction of sp³-hybridized carbons (Fsp3) is 0.692. The summed E-state index contributed by atoms with van der Waals surface area (Å²) in [5.74, 6) is 2.06. The van der Waals surface area contributed by atoms with E-state index in [2.05, 4.69) is 12.2 Å². The van der Waals surface area contributed by atoms with Crippen LogP contribution in [0, 0.1) is 29.0 Å². The Labute approximate surface area is 195 Å². The number of para-hydroxylation sites is 1. The van der Waals surface area contributed by atoms with Crippen LogP contribution in [0.15, 0.2) is 24.3 Å². The molecule has 1 saturated heterocycles. The molecule has 0 aromatic heterocycles. The van der Waals surface area contributed by atoms with Gasteiger partial charge in [0, 0.05) is 32.2 Å². The molecule has 4 aliphatic carbocycles. The summed E-state index contributed by atoms with van der Waals surface area (Å²) in [6.45, 7) is 4.17. The van der Waals surface area contributed by atoms with Crippen LogP contribution in [0.25, 0.3) is 0 Å². The second-order valence-corrected chi connectivity index (χ2v) is 10.9. The normalized spacial score (nSPS) is 31.5. The Morgan fingerprint density at radius 1 is 1.03 bits per heavy atom. The first kappa shape index (κ1) is 22.6. The number of benzene rings is 1. The number of halogens is 1. The molecule has 7 heteroatoms. The van der Waals surface area contributed by atoms with Crippen LogP contribution in [0.4, 0.5) is 10.1 Å². The van der Waals surface area contributed by atoms with Gasteiger partial charge in [-0.15, -0.1) is 0 Å². The van der Waals surface area contributed by atoms with Gasteiger partial charge in [0.15, 0.2) is 0 Å². The highest BCUT2D eigenvalue weighted by Gasteiger charge is 2.53. The van der Waals surface area contributed by atoms with Crippen molar-refractivity contribution in [3.63, 3.8) is 0 Å². The number of nitrogens with one attached hydrogen (secondary N) is 1. The van der Waals surface area contributed by atoms with Crippen molar-refractivity contribution < 1.29 is 18.7 Å².